The lowest BCUT2D eigenvalue weighted by Gasteiger charge is -2.34. The number of fused-ring (bicyclic) bond motifs is 1. The van der Waals surface area contributed by atoms with Crippen LogP contribution >= 0.6 is 23.2 Å². The van der Waals surface area contributed by atoms with Crippen LogP contribution in [0.2, 0.25) is 10.0 Å². The number of ketones is 1. The van der Waals surface area contributed by atoms with Crippen LogP contribution in [-0.2, 0) is 11.2 Å². The lowest BCUT2D eigenvalue weighted by molar-refractivity contribution is -0.132. The van der Waals surface area contributed by atoms with Gasteiger partial charge in [0.15, 0.2) is 5.78 Å². The maximum absolute atomic E-state index is 12.7. The summed E-state index contributed by atoms with van der Waals surface area (Å²) in [5, 5.41) is 0.921. The monoisotopic (exact) mass is 347 g/mol. The van der Waals surface area contributed by atoms with Crippen LogP contribution in [0.1, 0.15) is 34.5 Å². The summed E-state index contributed by atoms with van der Waals surface area (Å²) in [7, 11) is 0. The molecule has 118 valence electrons. The SMILES string of the molecule is C[C@H]1c2ccccc2C(=O)CN1C(=O)Cc1c(Cl)cccc1Cl. The molecule has 3 nitrogen and oxygen atoms in total. The minimum atomic E-state index is -0.157. The topological polar surface area (TPSA) is 37.4 Å². The second kappa shape index (κ2) is 6.34. The first kappa shape index (κ1) is 16.0. The van der Waals surface area contributed by atoms with Crippen molar-refractivity contribution >= 4 is 34.9 Å². The molecule has 0 radical (unpaired) electrons. The normalized spacial score (nSPS) is 17.1. The summed E-state index contributed by atoms with van der Waals surface area (Å²) in [5.74, 6) is -0.201. The highest BCUT2D eigenvalue weighted by atomic mass is 35.5. The number of halogens is 2. The number of Topliss-reactive ketones (excluding diaryl/α,β-unsaturated/α-hetero) is 1. The Bertz CT molecular complexity index is 768. The van der Waals surface area contributed by atoms with Gasteiger partial charge in [-0.3, -0.25) is 9.59 Å². The molecule has 0 unspecified atom stereocenters. The number of carbonyl (C=O) groups excluding carboxylic acids is 2. The molecule has 2 aromatic carbocycles. The van der Waals surface area contributed by atoms with Gasteiger partial charge in [-0.25, -0.2) is 0 Å². The molecule has 0 fully saturated rings. The summed E-state index contributed by atoms with van der Waals surface area (Å²) in [5.41, 5.74) is 2.17. The van der Waals surface area contributed by atoms with Crippen molar-refractivity contribution in [1.82, 2.24) is 4.90 Å². The zero-order chi connectivity index (χ0) is 16.6. The fourth-order valence-electron chi connectivity index (χ4n) is 2.92. The third-order valence-corrected chi connectivity index (χ3v) is 4.91. The first-order valence-corrected chi connectivity index (χ1v) is 8.09. The van der Waals surface area contributed by atoms with E-state index in [9.17, 15) is 9.59 Å². The fraction of sp³-hybridized carbons (Fsp3) is 0.222. The first-order chi connectivity index (χ1) is 11.0. The molecule has 0 spiro atoms. The predicted molar refractivity (Wildman–Crippen MR) is 91.1 cm³/mol. The molecule has 1 amide bonds. The first-order valence-electron chi connectivity index (χ1n) is 7.33. The fourth-order valence-corrected chi connectivity index (χ4v) is 3.45. The molecule has 2 aromatic rings. The van der Waals surface area contributed by atoms with Crippen molar-refractivity contribution in [3.05, 3.63) is 69.2 Å². The minimum absolute atomic E-state index is 0.0442. The highest BCUT2D eigenvalue weighted by molar-refractivity contribution is 6.36. The number of hydrogen-bond donors (Lipinski definition) is 0. The maximum Gasteiger partial charge on any atom is 0.228 e. The van der Waals surface area contributed by atoms with Gasteiger partial charge < -0.3 is 4.90 Å². The number of benzene rings is 2. The van der Waals surface area contributed by atoms with E-state index in [2.05, 4.69) is 0 Å². The van der Waals surface area contributed by atoms with Crippen LogP contribution in [0.3, 0.4) is 0 Å². The van der Waals surface area contributed by atoms with E-state index in [1.807, 2.05) is 25.1 Å². The number of amides is 1. The minimum Gasteiger partial charge on any atom is -0.328 e. The molecule has 1 atom stereocenters. The van der Waals surface area contributed by atoms with E-state index in [1.165, 1.54) is 0 Å². The van der Waals surface area contributed by atoms with Crippen LogP contribution in [0.4, 0.5) is 0 Å². The van der Waals surface area contributed by atoms with Crippen molar-refractivity contribution in [3.8, 4) is 0 Å². The van der Waals surface area contributed by atoms with E-state index in [0.29, 0.717) is 21.2 Å². The van der Waals surface area contributed by atoms with Gasteiger partial charge >= 0.3 is 0 Å². The van der Waals surface area contributed by atoms with E-state index >= 15 is 0 Å². The molecule has 1 aliphatic heterocycles. The second-order valence-electron chi connectivity index (χ2n) is 5.59. The van der Waals surface area contributed by atoms with Crippen molar-refractivity contribution < 1.29 is 9.59 Å². The molecule has 0 saturated heterocycles. The molecule has 5 heteroatoms. The molecular formula is C18H15Cl2NO2. The lowest BCUT2D eigenvalue weighted by atomic mass is 9.92. The summed E-state index contributed by atoms with van der Waals surface area (Å²) in [6.45, 7) is 2.01. The average molecular weight is 348 g/mol. The van der Waals surface area contributed by atoms with Crippen LogP contribution in [0.25, 0.3) is 0 Å². The van der Waals surface area contributed by atoms with E-state index in [-0.39, 0.29) is 30.7 Å². The molecule has 0 bridgehead atoms. The van der Waals surface area contributed by atoms with Gasteiger partial charge in [0.2, 0.25) is 5.91 Å². The van der Waals surface area contributed by atoms with Gasteiger partial charge in [0.05, 0.1) is 19.0 Å². The smallest absolute Gasteiger partial charge is 0.228 e. The summed E-state index contributed by atoms with van der Waals surface area (Å²) >= 11 is 12.3. The van der Waals surface area contributed by atoms with E-state index in [1.54, 1.807) is 29.2 Å². The summed E-state index contributed by atoms with van der Waals surface area (Å²) in [6.07, 6.45) is 0.0816. The Kier molecular flexibility index (Phi) is 4.42. The quantitative estimate of drug-likeness (QED) is 0.810. The van der Waals surface area contributed by atoms with Crippen LogP contribution in [0, 0.1) is 0 Å². The summed E-state index contributed by atoms with van der Waals surface area (Å²) in [4.78, 5) is 26.6. The van der Waals surface area contributed by atoms with Gasteiger partial charge in [-0.1, -0.05) is 53.5 Å². The highest BCUT2D eigenvalue weighted by Crippen LogP contribution is 2.31. The Hall–Kier alpha value is -1.84. The Morgan fingerprint density at radius 3 is 2.48 bits per heavy atom. The number of rotatable bonds is 2. The molecule has 0 aromatic heterocycles. The molecule has 1 aliphatic rings. The zero-order valence-corrected chi connectivity index (χ0v) is 14.1. The van der Waals surface area contributed by atoms with Crippen LogP contribution in [-0.4, -0.2) is 23.1 Å². The van der Waals surface area contributed by atoms with Gasteiger partial charge in [0, 0.05) is 15.6 Å². The molecule has 0 N–H and O–H groups in total. The largest absolute Gasteiger partial charge is 0.328 e. The molecule has 23 heavy (non-hydrogen) atoms. The molecular weight excluding hydrogens is 333 g/mol. The highest BCUT2D eigenvalue weighted by Gasteiger charge is 2.32. The molecule has 0 aliphatic carbocycles. The Morgan fingerprint density at radius 1 is 1.13 bits per heavy atom. The predicted octanol–water partition coefficient (Wildman–Crippen LogP) is 4.32. The van der Waals surface area contributed by atoms with Gasteiger partial charge in [-0.2, -0.15) is 0 Å². The standard InChI is InChI=1S/C18H15Cl2NO2/c1-11-12-5-2-3-6-13(12)17(22)10-21(11)18(23)9-14-15(19)7-4-8-16(14)20/h2-8,11H,9-10H2,1H3/t11-/m0/s1. The Balaban J connectivity index is 1.88. The van der Waals surface area contributed by atoms with E-state index in [0.717, 1.165) is 5.56 Å². The Labute approximate surface area is 144 Å². The molecule has 0 saturated carbocycles. The second-order valence-corrected chi connectivity index (χ2v) is 6.40. The number of hydrogen-bond acceptors (Lipinski definition) is 2. The number of carbonyl (C=O) groups is 2. The summed E-state index contributed by atoms with van der Waals surface area (Å²) < 4.78 is 0. The van der Waals surface area contributed by atoms with Gasteiger partial charge in [-0.15, -0.1) is 0 Å². The van der Waals surface area contributed by atoms with Gasteiger partial charge in [-0.05, 0) is 30.2 Å². The van der Waals surface area contributed by atoms with E-state index < -0.39 is 0 Å². The zero-order valence-electron chi connectivity index (χ0n) is 12.6. The maximum atomic E-state index is 12.7. The van der Waals surface area contributed by atoms with Crippen LogP contribution in [0.15, 0.2) is 42.5 Å². The lowest BCUT2D eigenvalue weighted by Crippen LogP contribution is -2.42. The van der Waals surface area contributed by atoms with Crippen molar-refractivity contribution in [1.29, 1.82) is 0 Å². The average Bonchev–Trinajstić information content (AvgIpc) is 2.54. The molecule has 1 heterocycles. The van der Waals surface area contributed by atoms with Crippen molar-refractivity contribution in [2.75, 3.05) is 6.54 Å². The Morgan fingerprint density at radius 2 is 1.78 bits per heavy atom. The van der Waals surface area contributed by atoms with E-state index in [4.69, 9.17) is 23.2 Å². The number of nitrogens with zero attached hydrogens (tertiary/aromatic N) is 1. The van der Waals surface area contributed by atoms with Crippen LogP contribution in [0.5, 0.6) is 0 Å². The molecule has 3 rings (SSSR count). The van der Waals surface area contributed by atoms with Gasteiger partial charge in [0.25, 0.3) is 0 Å². The third-order valence-electron chi connectivity index (χ3n) is 4.20. The van der Waals surface area contributed by atoms with Crippen molar-refractivity contribution in [2.24, 2.45) is 0 Å². The summed E-state index contributed by atoms with van der Waals surface area (Å²) in [6, 6.07) is 12.4. The third kappa shape index (κ3) is 2.99. The van der Waals surface area contributed by atoms with Crippen molar-refractivity contribution in [2.45, 2.75) is 19.4 Å². The van der Waals surface area contributed by atoms with Gasteiger partial charge in [0.1, 0.15) is 0 Å². The van der Waals surface area contributed by atoms with Crippen molar-refractivity contribution in [3.63, 3.8) is 0 Å². The van der Waals surface area contributed by atoms with Crippen LogP contribution < -0.4 is 0 Å².